The summed E-state index contributed by atoms with van der Waals surface area (Å²) < 4.78 is 29.5. The number of aliphatic hydroxyl groups is 1. The Morgan fingerprint density at radius 3 is 2.62 bits per heavy atom. The minimum atomic E-state index is -2.76. The Labute approximate surface area is 128 Å². The molecule has 1 N–H and O–H groups in total. The van der Waals surface area contributed by atoms with E-state index in [1.807, 2.05) is 6.07 Å². The van der Waals surface area contributed by atoms with Crippen LogP contribution in [0.1, 0.15) is 30.3 Å². The molecule has 7 heteroatoms. The van der Waals surface area contributed by atoms with E-state index in [-0.39, 0.29) is 0 Å². The summed E-state index contributed by atoms with van der Waals surface area (Å²) >= 11 is 3.35. The van der Waals surface area contributed by atoms with Crippen molar-refractivity contribution in [3.63, 3.8) is 0 Å². The smallest absolute Gasteiger partial charge is 0.250 e. The molecule has 1 aliphatic rings. The number of hydrogen-bond acceptors (Lipinski definition) is 3. The zero-order valence-corrected chi connectivity index (χ0v) is 12.9. The molecule has 112 valence electrons. The van der Waals surface area contributed by atoms with Gasteiger partial charge in [-0.25, -0.2) is 8.78 Å². The second kappa shape index (κ2) is 4.84. The number of aryl methyl sites for hydroxylation is 1. The van der Waals surface area contributed by atoms with E-state index < -0.39 is 30.3 Å². The van der Waals surface area contributed by atoms with Crippen LogP contribution in [-0.2, 0) is 12.5 Å². The molecular formula is C14H14BrF2N3O. The van der Waals surface area contributed by atoms with Gasteiger partial charge in [0.15, 0.2) is 5.82 Å². The average molecular weight is 358 g/mol. The molecule has 0 aliphatic heterocycles. The Bertz CT molecular complexity index is 666. The molecule has 1 aliphatic carbocycles. The van der Waals surface area contributed by atoms with E-state index in [9.17, 15) is 13.9 Å². The number of aliphatic hydroxyl groups excluding tert-OH is 1. The van der Waals surface area contributed by atoms with Gasteiger partial charge in [0.1, 0.15) is 12.4 Å². The minimum Gasteiger partial charge on any atom is -0.384 e. The fourth-order valence-electron chi connectivity index (χ4n) is 3.01. The van der Waals surface area contributed by atoms with E-state index in [2.05, 4.69) is 26.1 Å². The normalized spacial score (nSPS) is 20.8. The van der Waals surface area contributed by atoms with Crippen LogP contribution in [0.4, 0.5) is 8.78 Å². The summed E-state index contributed by atoms with van der Waals surface area (Å²) in [5, 5.41) is 18.2. The largest absolute Gasteiger partial charge is 0.384 e. The molecule has 3 rings (SSSR count). The highest BCUT2D eigenvalue weighted by atomic mass is 79.9. The van der Waals surface area contributed by atoms with Crippen LogP contribution in [0.15, 0.2) is 35.1 Å². The summed E-state index contributed by atoms with van der Waals surface area (Å²) in [6.45, 7) is 0. The first-order chi connectivity index (χ1) is 9.84. The fraction of sp³-hybridized carbons (Fsp3) is 0.429. The first-order valence-electron chi connectivity index (χ1n) is 6.50. The monoisotopic (exact) mass is 357 g/mol. The fourth-order valence-corrected chi connectivity index (χ4v) is 3.41. The van der Waals surface area contributed by atoms with Crippen LogP contribution in [0.5, 0.6) is 0 Å². The van der Waals surface area contributed by atoms with Crippen LogP contribution >= 0.6 is 15.9 Å². The molecule has 1 heterocycles. The maximum Gasteiger partial charge on any atom is 0.250 e. The van der Waals surface area contributed by atoms with Gasteiger partial charge in [-0.2, -0.15) is 0 Å². The molecule has 4 nitrogen and oxygen atoms in total. The van der Waals surface area contributed by atoms with Gasteiger partial charge in [0.25, 0.3) is 0 Å². The van der Waals surface area contributed by atoms with Crippen molar-refractivity contribution in [2.75, 3.05) is 0 Å². The Morgan fingerprint density at radius 1 is 1.38 bits per heavy atom. The van der Waals surface area contributed by atoms with Crippen LogP contribution in [0, 0.1) is 0 Å². The van der Waals surface area contributed by atoms with E-state index in [1.165, 1.54) is 6.33 Å². The predicted octanol–water partition coefficient (Wildman–Crippen LogP) is 2.98. The van der Waals surface area contributed by atoms with Crippen molar-refractivity contribution in [2.24, 2.45) is 7.05 Å². The summed E-state index contributed by atoms with van der Waals surface area (Å²) in [6.07, 6.45) is -0.474. The predicted molar refractivity (Wildman–Crippen MR) is 76.0 cm³/mol. The lowest BCUT2D eigenvalue weighted by atomic mass is 9.58. The Balaban J connectivity index is 2.05. The third-order valence-corrected chi connectivity index (χ3v) is 4.56. The van der Waals surface area contributed by atoms with Crippen LogP contribution in [0.3, 0.4) is 0 Å². The third-order valence-electron chi connectivity index (χ3n) is 4.06. The van der Waals surface area contributed by atoms with E-state index in [4.69, 9.17) is 0 Å². The van der Waals surface area contributed by atoms with Gasteiger partial charge in [0.2, 0.25) is 5.92 Å². The lowest BCUT2D eigenvalue weighted by Gasteiger charge is -2.50. The lowest BCUT2D eigenvalue weighted by molar-refractivity contribution is -0.164. The first-order valence-corrected chi connectivity index (χ1v) is 7.29. The molecule has 0 radical (unpaired) electrons. The zero-order valence-electron chi connectivity index (χ0n) is 11.3. The van der Waals surface area contributed by atoms with Gasteiger partial charge in [-0.15, -0.1) is 10.2 Å². The first kappa shape index (κ1) is 14.6. The molecule has 1 fully saturated rings. The molecule has 1 atom stereocenters. The van der Waals surface area contributed by atoms with Gasteiger partial charge in [-0.3, -0.25) is 0 Å². The number of nitrogens with zero attached hydrogens (tertiary/aromatic N) is 3. The molecule has 0 amide bonds. The van der Waals surface area contributed by atoms with Crippen molar-refractivity contribution in [1.82, 2.24) is 14.8 Å². The van der Waals surface area contributed by atoms with Gasteiger partial charge in [-0.1, -0.05) is 28.1 Å². The summed E-state index contributed by atoms with van der Waals surface area (Å²) in [6, 6.07) is 7.14. The van der Waals surface area contributed by atoms with E-state index in [1.54, 1.807) is 29.8 Å². The van der Waals surface area contributed by atoms with Crippen molar-refractivity contribution < 1.29 is 13.9 Å². The Kier molecular flexibility index (Phi) is 3.37. The second-order valence-corrected chi connectivity index (χ2v) is 6.49. The zero-order chi connectivity index (χ0) is 15.3. The molecule has 0 spiro atoms. The molecule has 0 bridgehead atoms. The number of halogens is 3. The van der Waals surface area contributed by atoms with Gasteiger partial charge in [0.05, 0.1) is 0 Å². The van der Waals surface area contributed by atoms with Crippen molar-refractivity contribution >= 4 is 15.9 Å². The van der Waals surface area contributed by atoms with Crippen LogP contribution < -0.4 is 0 Å². The van der Waals surface area contributed by atoms with Gasteiger partial charge < -0.3 is 9.67 Å². The minimum absolute atomic E-state index is 0.297. The van der Waals surface area contributed by atoms with Crippen molar-refractivity contribution in [2.45, 2.75) is 30.3 Å². The number of benzene rings is 1. The van der Waals surface area contributed by atoms with Gasteiger partial charge in [0, 0.05) is 29.8 Å². The van der Waals surface area contributed by atoms with Crippen molar-refractivity contribution in [1.29, 1.82) is 0 Å². The lowest BCUT2D eigenvalue weighted by Crippen LogP contribution is -2.53. The number of rotatable bonds is 3. The summed E-state index contributed by atoms with van der Waals surface area (Å²) in [7, 11) is 1.68. The van der Waals surface area contributed by atoms with Crippen molar-refractivity contribution in [3.8, 4) is 0 Å². The highest BCUT2D eigenvalue weighted by Crippen LogP contribution is 2.59. The highest BCUT2D eigenvalue weighted by molar-refractivity contribution is 9.10. The van der Waals surface area contributed by atoms with E-state index >= 15 is 0 Å². The second-order valence-electron chi connectivity index (χ2n) is 5.58. The molecule has 1 aromatic carbocycles. The quantitative estimate of drug-likeness (QED) is 0.918. The highest BCUT2D eigenvalue weighted by Gasteiger charge is 2.61. The molecule has 1 aromatic heterocycles. The number of hydrogen-bond donors (Lipinski definition) is 1. The molecular weight excluding hydrogens is 344 g/mol. The van der Waals surface area contributed by atoms with Crippen LogP contribution in [0.25, 0.3) is 0 Å². The van der Waals surface area contributed by atoms with E-state index in [0.717, 1.165) is 4.47 Å². The molecule has 21 heavy (non-hydrogen) atoms. The SMILES string of the molecule is Cn1cnnc1C(O)C1(c2cccc(Br)c2)CC(F)(F)C1. The maximum atomic E-state index is 13.6. The summed E-state index contributed by atoms with van der Waals surface area (Å²) in [5.74, 6) is -2.47. The molecule has 1 saturated carbocycles. The Hall–Kier alpha value is -1.34. The van der Waals surface area contributed by atoms with Gasteiger partial charge in [-0.05, 0) is 17.7 Å². The van der Waals surface area contributed by atoms with Crippen LogP contribution in [0.2, 0.25) is 0 Å². The molecule has 1 unspecified atom stereocenters. The maximum absolute atomic E-state index is 13.6. The molecule has 2 aromatic rings. The Morgan fingerprint density at radius 2 is 2.10 bits per heavy atom. The summed E-state index contributed by atoms with van der Waals surface area (Å²) in [4.78, 5) is 0. The number of alkyl halides is 2. The number of aromatic nitrogens is 3. The van der Waals surface area contributed by atoms with E-state index in [0.29, 0.717) is 11.4 Å². The average Bonchev–Trinajstić information content (AvgIpc) is 2.80. The van der Waals surface area contributed by atoms with Gasteiger partial charge >= 0.3 is 0 Å². The topological polar surface area (TPSA) is 50.9 Å². The standard InChI is InChI=1S/C14H14BrF2N3O/c1-20-8-18-19-12(20)11(21)13(6-14(16,17)7-13)9-3-2-4-10(15)5-9/h2-5,8,11,21H,6-7H2,1H3. The molecule has 0 saturated heterocycles. The van der Waals surface area contributed by atoms with Crippen molar-refractivity contribution in [3.05, 3.63) is 46.5 Å². The van der Waals surface area contributed by atoms with Crippen LogP contribution in [-0.4, -0.2) is 25.8 Å². The third kappa shape index (κ3) is 2.38. The summed E-state index contributed by atoms with van der Waals surface area (Å²) in [5.41, 5.74) is -0.355.